The summed E-state index contributed by atoms with van der Waals surface area (Å²) in [4.78, 5) is 10.8. The average molecular weight is 198 g/mol. The molecule has 1 aromatic heterocycles. The molecule has 1 rings (SSSR count). The van der Waals surface area contributed by atoms with Crippen molar-refractivity contribution in [1.29, 1.82) is 0 Å². The normalized spacial score (nSPS) is 15.1. The first-order valence-corrected chi connectivity index (χ1v) is 4.61. The van der Waals surface area contributed by atoms with Crippen molar-refractivity contribution in [1.82, 2.24) is 0 Å². The van der Waals surface area contributed by atoms with Crippen LogP contribution in [0.4, 0.5) is 0 Å². The fourth-order valence-corrected chi connectivity index (χ4v) is 1.21. The van der Waals surface area contributed by atoms with Gasteiger partial charge in [0.05, 0.1) is 6.10 Å². The van der Waals surface area contributed by atoms with Crippen molar-refractivity contribution < 1.29 is 14.6 Å². The van der Waals surface area contributed by atoms with Crippen LogP contribution >= 0.6 is 0 Å². The summed E-state index contributed by atoms with van der Waals surface area (Å²) in [7, 11) is 0. The third kappa shape index (κ3) is 2.68. The Hall–Kier alpha value is -1.13. The summed E-state index contributed by atoms with van der Waals surface area (Å²) in [5.74, 6) is 0.110. The molecule has 0 aliphatic heterocycles. The van der Waals surface area contributed by atoms with E-state index in [2.05, 4.69) is 0 Å². The Morgan fingerprint density at radius 1 is 1.43 bits per heavy atom. The molecule has 0 aromatic carbocycles. The maximum absolute atomic E-state index is 10.8. The van der Waals surface area contributed by atoms with Gasteiger partial charge in [-0.1, -0.05) is 19.4 Å². The number of hydrogen-bond acceptors (Lipinski definition) is 4. The van der Waals surface area contributed by atoms with Crippen molar-refractivity contribution in [3.05, 3.63) is 34.4 Å². The van der Waals surface area contributed by atoms with Crippen molar-refractivity contribution in [3.8, 4) is 0 Å². The van der Waals surface area contributed by atoms with E-state index in [-0.39, 0.29) is 5.76 Å². The molecule has 0 unspecified atom stereocenters. The lowest BCUT2D eigenvalue weighted by Crippen LogP contribution is -2.18. The topological polar surface area (TPSA) is 70.7 Å². The molecule has 4 heteroatoms. The monoisotopic (exact) mass is 198 g/mol. The van der Waals surface area contributed by atoms with E-state index < -0.39 is 17.8 Å². The minimum Gasteiger partial charge on any atom is -0.425 e. The lowest BCUT2D eigenvalue weighted by Gasteiger charge is -2.15. The van der Waals surface area contributed by atoms with Gasteiger partial charge >= 0.3 is 5.63 Å². The van der Waals surface area contributed by atoms with Crippen molar-refractivity contribution >= 4 is 0 Å². The molecule has 0 radical (unpaired) electrons. The highest BCUT2D eigenvalue weighted by Gasteiger charge is 2.19. The quantitative estimate of drug-likeness (QED) is 0.751. The van der Waals surface area contributed by atoms with Crippen LogP contribution in [0.5, 0.6) is 0 Å². The molecule has 0 saturated carbocycles. The van der Waals surface area contributed by atoms with Gasteiger partial charge in [-0.05, 0) is 12.5 Å². The Kier molecular flexibility index (Phi) is 3.85. The number of hydrogen-bond donors (Lipinski definition) is 2. The zero-order valence-corrected chi connectivity index (χ0v) is 8.01. The predicted octanol–water partition coefficient (Wildman–Crippen LogP) is 0.834. The summed E-state index contributed by atoms with van der Waals surface area (Å²) in [5, 5.41) is 19.0. The number of rotatable bonds is 4. The van der Waals surface area contributed by atoms with Gasteiger partial charge in [0.1, 0.15) is 11.9 Å². The highest BCUT2D eigenvalue weighted by molar-refractivity contribution is 5.03. The molecule has 0 aliphatic rings. The minimum atomic E-state index is -1.12. The predicted molar refractivity (Wildman–Crippen MR) is 50.9 cm³/mol. The Morgan fingerprint density at radius 2 is 2.14 bits per heavy atom. The maximum Gasteiger partial charge on any atom is 0.335 e. The fraction of sp³-hybridized carbons (Fsp3) is 0.500. The van der Waals surface area contributed by atoms with Gasteiger partial charge in [-0.15, -0.1) is 0 Å². The SMILES string of the molecule is CCC[C@@H](O)[C@H](O)c1cccc(=O)o1. The summed E-state index contributed by atoms with van der Waals surface area (Å²) >= 11 is 0. The molecule has 1 aromatic rings. The first kappa shape index (κ1) is 10.9. The van der Waals surface area contributed by atoms with Gasteiger partial charge in [-0.25, -0.2) is 4.79 Å². The van der Waals surface area contributed by atoms with Gasteiger partial charge < -0.3 is 14.6 Å². The van der Waals surface area contributed by atoms with Gasteiger partial charge in [-0.3, -0.25) is 0 Å². The molecule has 0 aliphatic carbocycles. The van der Waals surface area contributed by atoms with Crippen molar-refractivity contribution in [3.63, 3.8) is 0 Å². The molecule has 0 spiro atoms. The van der Waals surface area contributed by atoms with Gasteiger partial charge in [0, 0.05) is 6.07 Å². The van der Waals surface area contributed by atoms with Gasteiger partial charge in [0.2, 0.25) is 0 Å². The van der Waals surface area contributed by atoms with E-state index in [1.165, 1.54) is 18.2 Å². The molecular formula is C10H14O4. The van der Waals surface area contributed by atoms with Crippen molar-refractivity contribution in [2.75, 3.05) is 0 Å². The Balaban J connectivity index is 2.78. The van der Waals surface area contributed by atoms with Crippen LogP contribution in [-0.4, -0.2) is 16.3 Å². The van der Waals surface area contributed by atoms with Crippen molar-refractivity contribution in [2.45, 2.75) is 32.0 Å². The van der Waals surface area contributed by atoms with E-state index in [9.17, 15) is 15.0 Å². The lowest BCUT2D eigenvalue weighted by molar-refractivity contribution is -0.00104. The zero-order chi connectivity index (χ0) is 10.6. The van der Waals surface area contributed by atoms with E-state index in [1.54, 1.807) is 0 Å². The summed E-state index contributed by atoms with van der Waals surface area (Å²) < 4.78 is 4.74. The average Bonchev–Trinajstić information content (AvgIpc) is 2.17. The molecule has 0 saturated heterocycles. The van der Waals surface area contributed by atoms with E-state index in [1.807, 2.05) is 6.92 Å². The van der Waals surface area contributed by atoms with Gasteiger partial charge in [-0.2, -0.15) is 0 Å². The summed E-state index contributed by atoms with van der Waals surface area (Å²) in [6.45, 7) is 1.90. The molecule has 0 fully saturated rings. The standard InChI is InChI=1S/C10H14O4/c1-2-4-7(11)10(13)8-5-3-6-9(12)14-8/h3,5-7,10-11,13H,2,4H2,1H3/t7-,10+/m1/s1. The molecule has 78 valence electrons. The third-order valence-electron chi connectivity index (χ3n) is 1.95. The Bertz CT molecular complexity index is 331. The highest BCUT2D eigenvalue weighted by atomic mass is 16.4. The zero-order valence-electron chi connectivity index (χ0n) is 8.01. The second-order valence-electron chi connectivity index (χ2n) is 3.15. The number of aliphatic hydroxyl groups is 2. The van der Waals surface area contributed by atoms with Crippen LogP contribution in [0, 0.1) is 0 Å². The molecule has 0 amide bonds. The van der Waals surface area contributed by atoms with Gasteiger partial charge in [0.15, 0.2) is 0 Å². The molecule has 2 atom stereocenters. The van der Waals surface area contributed by atoms with E-state index in [0.717, 1.165) is 6.42 Å². The lowest BCUT2D eigenvalue weighted by atomic mass is 10.1. The first-order valence-electron chi connectivity index (χ1n) is 4.61. The summed E-state index contributed by atoms with van der Waals surface area (Å²) in [6.07, 6.45) is -0.774. The number of aliphatic hydroxyl groups excluding tert-OH is 2. The molecule has 14 heavy (non-hydrogen) atoms. The third-order valence-corrected chi connectivity index (χ3v) is 1.95. The maximum atomic E-state index is 10.8. The molecule has 2 N–H and O–H groups in total. The molecule has 4 nitrogen and oxygen atoms in total. The highest BCUT2D eigenvalue weighted by Crippen LogP contribution is 2.17. The van der Waals surface area contributed by atoms with Crippen LogP contribution in [-0.2, 0) is 0 Å². The van der Waals surface area contributed by atoms with Crippen molar-refractivity contribution in [2.24, 2.45) is 0 Å². The summed E-state index contributed by atoms with van der Waals surface area (Å²) in [6, 6.07) is 4.22. The second-order valence-corrected chi connectivity index (χ2v) is 3.15. The minimum absolute atomic E-state index is 0.110. The fourth-order valence-electron chi connectivity index (χ4n) is 1.21. The van der Waals surface area contributed by atoms with Crippen LogP contribution < -0.4 is 5.63 Å². The van der Waals surface area contributed by atoms with Crippen LogP contribution in [0.25, 0.3) is 0 Å². The Labute approximate surface area is 81.8 Å². The summed E-state index contributed by atoms with van der Waals surface area (Å²) in [5.41, 5.74) is -0.523. The van der Waals surface area contributed by atoms with E-state index >= 15 is 0 Å². The van der Waals surface area contributed by atoms with Crippen LogP contribution in [0.1, 0.15) is 31.6 Å². The van der Waals surface area contributed by atoms with E-state index in [0.29, 0.717) is 6.42 Å². The van der Waals surface area contributed by atoms with E-state index in [4.69, 9.17) is 4.42 Å². The van der Waals surface area contributed by atoms with Gasteiger partial charge in [0.25, 0.3) is 0 Å². The molecule has 0 bridgehead atoms. The first-order chi connectivity index (χ1) is 6.65. The largest absolute Gasteiger partial charge is 0.425 e. The van der Waals surface area contributed by atoms with Crippen LogP contribution in [0.2, 0.25) is 0 Å². The molecule has 1 heterocycles. The van der Waals surface area contributed by atoms with Crippen LogP contribution in [0.15, 0.2) is 27.4 Å². The Morgan fingerprint density at radius 3 is 2.71 bits per heavy atom. The second kappa shape index (κ2) is 4.93. The molecular weight excluding hydrogens is 184 g/mol. The smallest absolute Gasteiger partial charge is 0.335 e. The van der Waals surface area contributed by atoms with Crippen LogP contribution in [0.3, 0.4) is 0 Å².